The molecule has 0 saturated heterocycles. The largest absolute Gasteiger partial charge is 0.378 e. The van der Waals surface area contributed by atoms with Gasteiger partial charge in [-0.3, -0.25) is 9.59 Å². The van der Waals surface area contributed by atoms with Gasteiger partial charge in [-0.05, 0) is 11.6 Å². The Kier molecular flexibility index (Phi) is 4.33. The van der Waals surface area contributed by atoms with Crippen LogP contribution in [0.15, 0.2) is 65.7 Å². The van der Waals surface area contributed by atoms with Crippen molar-refractivity contribution in [3.05, 3.63) is 71.8 Å². The van der Waals surface area contributed by atoms with E-state index in [2.05, 4.69) is 4.99 Å². The van der Waals surface area contributed by atoms with E-state index in [0.717, 1.165) is 17.3 Å². The maximum absolute atomic E-state index is 13.2. The predicted octanol–water partition coefficient (Wildman–Crippen LogP) is 1.89. The first-order valence-corrected chi connectivity index (χ1v) is 9.30. The Labute approximate surface area is 160 Å². The van der Waals surface area contributed by atoms with Crippen molar-refractivity contribution in [1.82, 2.24) is 0 Å². The van der Waals surface area contributed by atoms with Crippen LogP contribution < -0.4 is 10.6 Å². The lowest BCUT2D eigenvalue weighted by molar-refractivity contribution is -0.140. The van der Waals surface area contributed by atoms with E-state index in [1.165, 1.54) is 4.90 Å². The van der Waals surface area contributed by atoms with Gasteiger partial charge in [-0.25, -0.2) is 0 Å². The van der Waals surface area contributed by atoms with Crippen LogP contribution in [0.25, 0.3) is 6.08 Å². The number of aliphatic imine (C=N–C) groups is 1. The minimum Gasteiger partial charge on any atom is -0.378 e. The van der Waals surface area contributed by atoms with E-state index < -0.39 is 22.7 Å². The summed E-state index contributed by atoms with van der Waals surface area (Å²) in [5.41, 5.74) is 5.65. The number of rotatable bonds is 4. The van der Waals surface area contributed by atoms with Crippen LogP contribution in [0.3, 0.4) is 0 Å². The standard InChI is InChI=1S/C20H17N3O3S/c21-19-22-17(24)16(27-19)20(26)14-10-4-5-11-15(14)23(18(20)25)12-6-9-13-7-2-1-3-8-13/h1-11,16,26H,12H2,(H2,21,22,24)/b9-6+. The zero-order valence-electron chi connectivity index (χ0n) is 14.3. The minimum atomic E-state index is -1.98. The first-order chi connectivity index (χ1) is 13.0. The van der Waals surface area contributed by atoms with Crippen LogP contribution >= 0.6 is 11.8 Å². The fourth-order valence-corrected chi connectivity index (χ4v) is 4.32. The quantitative estimate of drug-likeness (QED) is 0.846. The van der Waals surface area contributed by atoms with Gasteiger partial charge in [0.1, 0.15) is 5.25 Å². The summed E-state index contributed by atoms with van der Waals surface area (Å²) in [7, 11) is 0. The summed E-state index contributed by atoms with van der Waals surface area (Å²) in [4.78, 5) is 30.5. The summed E-state index contributed by atoms with van der Waals surface area (Å²) in [5.74, 6) is -1.14. The molecular formula is C20H17N3O3S. The second-order valence-electron chi connectivity index (χ2n) is 6.30. The van der Waals surface area contributed by atoms with Crippen LogP contribution in [0.2, 0.25) is 0 Å². The van der Waals surface area contributed by atoms with Gasteiger partial charge in [-0.1, -0.05) is 72.4 Å². The van der Waals surface area contributed by atoms with Gasteiger partial charge in [0.15, 0.2) is 10.8 Å². The molecule has 2 heterocycles. The summed E-state index contributed by atoms with van der Waals surface area (Å²) in [6, 6.07) is 16.7. The summed E-state index contributed by atoms with van der Waals surface area (Å²) in [6.45, 7) is 0.273. The lowest BCUT2D eigenvalue weighted by atomic mass is 9.91. The number of carbonyl (C=O) groups excluding carboxylic acids is 2. The Morgan fingerprint density at radius 3 is 2.56 bits per heavy atom. The zero-order valence-corrected chi connectivity index (χ0v) is 15.1. The molecule has 2 aromatic carbocycles. The molecule has 0 fully saturated rings. The number of aliphatic hydroxyl groups is 1. The van der Waals surface area contributed by atoms with Crippen molar-refractivity contribution in [3.8, 4) is 0 Å². The highest BCUT2D eigenvalue weighted by Crippen LogP contribution is 2.47. The first-order valence-electron chi connectivity index (χ1n) is 8.42. The van der Waals surface area contributed by atoms with Gasteiger partial charge in [-0.15, -0.1) is 0 Å². The third-order valence-corrected chi connectivity index (χ3v) is 5.75. The number of para-hydroxylation sites is 1. The number of nitrogens with zero attached hydrogens (tertiary/aromatic N) is 2. The van der Waals surface area contributed by atoms with E-state index in [4.69, 9.17) is 5.73 Å². The van der Waals surface area contributed by atoms with Gasteiger partial charge in [0, 0.05) is 12.1 Å². The highest BCUT2D eigenvalue weighted by atomic mass is 32.2. The molecule has 2 amide bonds. The number of thioether (sulfide) groups is 1. The molecule has 2 aliphatic rings. The SMILES string of the molecule is NC1=NC(=O)C(C2(O)C(=O)N(C/C=C/c3ccccc3)c3ccccc32)S1. The van der Waals surface area contributed by atoms with Crippen LogP contribution in [-0.2, 0) is 15.2 Å². The van der Waals surface area contributed by atoms with Crippen molar-refractivity contribution in [2.45, 2.75) is 10.9 Å². The molecule has 3 N–H and O–H groups in total. The number of hydrogen-bond acceptors (Lipinski definition) is 5. The van der Waals surface area contributed by atoms with Gasteiger partial charge in [-0.2, -0.15) is 4.99 Å². The smallest absolute Gasteiger partial charge is 0.265 e. The van der Waals surface area contributed by atoms with Crippen LogP contribution in [0.5, 0.6) is 0 Å². The van der Waals surface area contributed by atoms with Crippen molar-refractivity contribution in [2.24, 2.45) is 10.7 Å². The summed E-state index contributed by atoms with van der Waals surface area (Å²) < 4.78 is 0. The van der Waals surface area contributed by atoms with Crippen LogP contribution in [0, 0.1) is 0 Å². The molecule has 0 aromatic heterocycles. The Balaban J connectivity index is 1.66. The second-order valence-corrected chi connectivity index (χ2v) is 7.42. The van der Waals surface area contributed by atoms with Gasteiger partial charge in [0.2, 0.25) is 0 Å². The number of fused-ring (bicyclic) bond motifs is 1. The van der Waals surface area contributed by atoms with Crippen molar-refractivity contribution in [3.63, 3.8) is 0 Å². The number of amides is 2. The number of amidine groups is 1. The number of carbonyl (C=O) groups is 2. The third kappa shape index (κ3) is 2.85. The Hall–Kier alpha value is -2.90. The number of benzene rings is 2. The van der Waals surface area contributed by atoms with Crippen LogP contribution in [-0.4, -0.2) is 33.9 Å². The molecule has 0 bridgehead atoms. The van der Waals surface area contributed by atoms with Crippen LogP contribution in [0.4, 0.5) is 5.69 Å². The third-order valence-electron chi connectivity index (χ3n) is 4.64. The molecular weight excluding hydrogens is 362 g/mol. The van der Waals surface area contributed by atoms with E-state index in [-0.39, 0.29) is 11.7 Å². The summed E-state index contributed by atoms with van der Waals surface area (Å²) >= 11 is 0.923. The number of hydrogen-bond donors (Lipinski definition) is 2. The average molecular weight is 379 g/mol. The monoisotopic (exact) mass is 379 g/mol. The van der Waals surface area contributed by atoms with Crippen molar-refractivity contribution in [2.75, 3.05) is 11.4 Å². The van der Waals surface area contributed by atoms with E-state index in [1.807, 2.05) is 42.5 Å². The fraction of sp³-hybridized carbons (Fsp3) is 0.150. The number of anilines is 1. The van der Waals surface area contributed by atoms with Gasteiger partial charge in [0.05, 0.1) is 5.69 Å². The van der Waals surface area contributed by atoms with E-state index in [0.29, 0.717) is 11.3 Å². The molecule has 6 nitrogen and oxygen atoms in total. The molecule has 2 aromatic rings. The molecule has 7 heteroatoms. The average Bonchev–Trinajstić information content (AvgIpc) is 3.13. The van der Waals surface area contributed by atoms with E-state index in [9.17, 15) is 14.7 Å². The molecule has 27 heavy (non-hydrogen) atoms. The predicted molar refractivity (Wildman–Crippen MR) is 106 cm³/mol. The molecule has 2 atom stereocenters. The lowest BCUT2D eigenvalue weighted by Gasteiger charge is -2.26. The molecule has 0 spiro atoms. The summed E-state index contributed by atoms with van der Waals surface area (Å²) in [5, 5.41) is 10.3. The normalized spacial score (nSPS) is 24.6. The lowest BCUT2D eigenvalue weighted by Crippen LogP contribution is -2.49. The maximum Gasteiger partial charge on any atom is 0.265 e. The van der Waals surface area contributed by atoms with Crippen molar-refractivity contribution >= 4 is 40.5 Å². The Bertz CT molecular complexity index is 973. The maximum atomic E-state index is 13.2. The minimum absolute atomic E-state index is 0.0612. The molecule has 2 unspecified atom stereocenters. The molecule has 0 radical (unpaired) electrons. The zero-order chi connectivity index (χ0) is 19.0. The highest BCUT2D eigenvalue weighted by molar-refractivity contribution is 8.15. The fourth-order valence-electron chi connectivity index (χ4n) is 3.38. The van der Waals surface area contributed by atoms with E-state index >= 15 is 0 Å². The Morgan fingerprint density at radius 2 is 1.85 bits per heavy atom. The van der Waals surface area contributed by atoms with Crippen LogP contribution in [0.1, 0.15) is 11.1 Å². The van der Waals surface area contributed by atoms with Crippen molar-refractivity contribution in [1.29, 1.82) is 0 Å². The van der Waals surface area contributed by atoms with Gasteiger partial charge >= 0.3 is 0 Å². The topological polar surface area (TPSA) is 96.0 Å². The molecule has 136 valence electrons. The van der Waals surface area contributed by atoms with E-state index in [1.54, 1.807) is 24.3 Å². The second kappa shape index (κ2) is 6.68. The number of nitrogens with two attached hydrogens (primary N) is 1. The Morgan fingerprint density at radius 1 is 1.15 bits per heavy atom. The summed E-state index contributed by atoms with van der Waals surface area (Å²) in [6.07, 6.45) is 3.76. The molecule has 0 saturated carbocycles. The first kappa shape index (κ1) is 17.5. The van der Waals surface area contributed by atoms with Crippen molar-refractivity contribution < 1.29 is 14.7 Å². The molecule has 0 aliphatic carbocycles. The molecule has 2 aliphatic heterocycles. The highest BCUT2D eigenvalue weighted by Gasteiger charge is 2.58. The molecule has 4 rings (SSSR count). The van der Waals surface area contributed by atoms with Gasteiger partial charge in [0.25, 0.3) is 11.8 Å². The van der Waals surface area contributed by atoms with Gasteiger partial charge < -0.3 is 15.7 Å².